The van der Waals surface area contributed by atoms with E-state index in [0.717, 1.165) is 0 Å². The van der Waals surface area contributed by atoms with Gasteiger partial charge in [0.25, 0.3) is 0 Å². The van der Waals surface area contributed by atoms with Gasteiger partial charge in [-0.05, 0) is 12.8 Å². The number of carboxylic acid groups (broad SMARTS) is 1. The molecule has 2 saturated heterocycles. The van der Waals surface area contributed by atoms with Crippen LogP contribution >= 0.6 is 0 Å². The van der Waals surface area contributed by atoms with Crippen molar-refractivity contribution in [2.24, 2.45) is 11.8 Å². The molecule has 3 fully saturated rings. The number of rotatable bonds is 2. The number of fused-ring (bicyclic) bond motifs is 3. The number of hydrogen-bond donors (Lipinski definition) is 1. The van der Waals surface area contributed by atoms with E-state index in [0.29, 0.717) is 19.3 Å². The molecular formula is C10H14O5. The topological polar surface area (TPSA) is 72.8 Å². The van der Waals surface area contributed by atoms with Gasteiger partial charge in [-0.25, -0.2) is 0 Å². The number of aliphatic carboxylic acids is 1. The highest BCUT2D eigenvalue weighted by atomic mass is 16.5. The van der Waals surface area contributed by atoms with Crippen LogP contribution in [0, 0.1) is 11.8 Å². The van der Waals surface area contributed by atoms with E-state index < -0.39 is 11.9 Å². The molecule has 0 radical (unpaired) electrons. The number of methoxy groups -OCH3 is 1. The Bertz CT molecular complexity index is 282. The quantitative estimate of drug-likeness (QED) is 0.675. The van der Waals surface area contributed by atoms with Crippen molar-refractivity contribution in [2.75, 3.05) is 7.11 Å². The second-order valence-corrected chi connectivity index (χ2v) is 4.10. The summed E-state index contributed by atoms with van der Waals surface area (Å²) in [6, 6.07) is 0. The Hall–Kier alpha value is -1.10. The standard InChI is InChI=1S/C10H14O5/c1-14-10(13)6-3-2-5(9(11)12)7-4-8(6)15-7/h5-8H,2-4H2,1H3,(H,11,12). The van der Waals surface area contributed by atoms with Crippen LogP contribution < -0.4 is 0 Å². The van der Waals surface area contributed by atoms with E-state index in [1.165, 1.54) is 7.11 Å². The number of esters is 1. The average Bonchev–Trinajstić information content (AvgIpc) is 2.43. The van der Waals surface area contributed by atoms with E-state index in [9.17, 15) is 9.59 Å². The Labute approximate surface area is 87.4 Å². The van der Waals surface area contributed by atoms with Gasteiger partial charge in [0.2, 0.25) is 0 Å². The fraction of sp³-hybridized carbons (Fsp3) is 0.800. The van der Waals surface area contributed by atoms with Crippen LogP contribution in [0.3, 0.4) is 0 Å². The maximum absolute atomic E-state index is 11.4. The molecule has 0 spiro atoms. The number of carbonyl (C=O) groups excluding carboxylic acids is 1. The highest BCUT2D eigenvalue weighted by Crippen LogP contribution is 2.40. The molecule has 0 amide bonds. The first-order chi connectivity index (χ1) is 7.13. The van der Waals surface area contributed by atoms with Crippen LogP contribution in [-0.4, -0.2) is 36.4 Å². The molecule has 1 N–H and O–H groups in total. The first-order valence-electron chi connectivity index (χ1n) is 5.09. The van der Waals surface area contributed by atoms with Crippen molar-refractivity contribution in [1.82, 2.24) is 0 Å². The molecule has 84 valence electrons. The predicted octanol–water partition coefficient (Wildman–Crippen LogP) is 0.428. The summed E-state index contributed by atoms with van der Waals surface area (Å²) in [6.07, 6.45) is 1.37. The number of ether oxygens (including phenoxy) is 2. The van der Waals surface area contributed by atoms with Gasteiger partial charge < -0.3 is 14.6 Å². The zero-order valence-electron chi connectivity index (χ0n) is 8.51. The highest BCUT2D eigenvalue weighted by Gasteiger charge is 2.49. The predicted molar refractivity (Wildman–Crippen MR) is 49.1 cm³/mol. The molecule has 0 aromatic carbocycles. The van der Waals surface area contributed by atoms with Crippen molar-refractivity contribution in [3.05, 3.63) is 0 Å². The molecule has 4 unspecified atom stereocenters. The highest BCUT2D eigenvalue weighted by molar-refractivity contribution is 5.75. The normalized spacial score (nSPS) is 38.7. The Kier molecular flexibility index (Phi) is 2.65. The van der Waals surface area contributed by atoms with E-state index in [4.69, 9.17) is 9.84 Å². The average molecular weight is 214 g/mol. The maximum Gasteiger partial charge on any atom is 0.311 e. The Morgan fingerprint density at radius 3 is 2.33 bits per heavy atom. The van der Waals surface area contributed by atoms with Gasteiger partial charge in [0.05, 0.1) is 31.2 Å². The number of carboxylic acids is 1. The van der Waals surface area contributed by atoms with E-state index >= 15 is 0 Å². The largest absolute Gasteiger partial charge is 0.481 e. The lowest BCUT2D eigenvalue weighted by molar-refractivity contribution is -0.184. The maximum atomic E-state index is 11.4. The Morgan fingerprint density at radius 1 is 1.27 bits per heavy atom. The lowest BCUT2D eigenvalue weighted by atomic mass is 9.92. The van der Waals surface area contributed by atoms with Crippen LogP contribution in [0.4, 0.5) is 0 Å². The first-order valence-corrected chi connectivity index (χ1v) is 5.09. The van der Waals surface area contributed by atoms with E-state index in [2.05, 4.69) is 4.74 Å². The minimum atomic E-state index is -0.830. The second-order valence-electron chi connectivity index (χ2n) is 4.10. The van der Waals surface area contributed by atoms with Gasteiger partial charge in [-0.15, -0.1) is 0 Å². The van der Waals surface area contributed by atoms with Crippen molar-refractivity contribution in [2.45, 2.75) is 31.5 Å². The zero-order valence-corrected chi connectivity index (χ0v) is 8.51. The molecule has 2 bridgehead atoms. The molecule has 5 nitrogen and oxygen atoms in total. The minimum Gasteiger partial charge on any atom is -0.481 e. The summed E-state index contributed by atoms with van der Waals surface area (Å²) in [6.45, 7) is 0. The number of hydrogen-bond acceptors (Lipinski definition) is 4. The monoisotopic (exact) mass is 214 g/mol. The molecule has 5 heteroatoms. The van der Waals surface area contributed by atoms with Crippen LogP contribution in [0.25, 0.3) is 0 Å². The Balaban J connectivity index is 2.05. The van der Waals surface area contributed by atoms with Crippen LogP contribution in [0.2, 0.25) is 0 Å². The fourth-order valence-electron chi connectivity index (χ4n) is 2.39. The summed E-state index contributed by atoms with van der Waals surface area (Å²) in [5.74, 6) is -1.86. The molecule has 3 rings (SSSR count). The second kappa shape index (κ2) is 3.81. The lowest BCUT2D eigenvalue weighted by Crippen LogP contribution is -2.46. The van der Waals surface area contributed by atoms with Gasteiger partial charge in [0, 0.05) is 6.42 Å². The fourth-order valence-corrected chi connectivity index (χ4v) is 2.39. The minimum absolute atomic E-state index is 0.133. The van der Waals surface area contributed by atoms with Gasteiger partial charge in [-0.2, -0.15) is 0 Å². The van der Waals surface area contributed by atoms with Gasteiger partial charge in [-0.1, -0.05) is 0 Å². The van der Waals surface area contributed by atoms with Crippen LogP contribution in [-0.2, 0) is 19.1 Å². The van der Waals surface area contributed by atoms with Gasteiger partial charge in [0.1, 0.15) is 0 Å². The zero-order chi connectivity index (χ0) is 11.0. The Morgan fingerprint density at radius 2 is 1.80 bits per heavy atom. The molecular weight excluding hydrogens is 200 g/mol. The lowest BCUT2D eigenvalue weighted by Gasteiger charge is -2.38. The summed E-state index contributed by atoms with van der Waals surface area (Å²) in [5, 5.41) is 8.94. The van der Waals surface area contributed by atoms with E-state index in [1.807, 2.05) is 0 Å². The summed E-state index contributed by atoms with van der Waals surface area (Å²) in [7, 11) is 1.35. The molecule has 0 aromatic heterocycles. The van der Waals surface area contributed by atoms with Gasteiger partial charge >= 0.3 is 11.9 Å². The van der Waals surface area contributed by atoms with Crippen molar-refractivity contribution in [1.29, 1.82) is 0 Å². The van der Waals surface area contributed by atoms with Crippen LogP contribution in [0.1, 0.15) is 19.3 Å². The summed E-state index contributed by atoms with van der Waals surface area (Å²) >= 11 is 0. The van der Waals surface area contributed by atoms with E-state index in [1.54, 1.807) is 0 Å². The third-order valence-corrected chi connectivity index (χ3v) is 3.32. The van der Waals surface area contributed by atoms with Crippen molar-refractivity contribution in [3.8, 4) is 0 Å². The summed E-state index contributed by atoms with van der Waals surface area (Å²) < 4.78 is 10.1. The van der Waals surface area contributed by atoms with Crippen LogP contribution in [0.5, 0.6) is 0 Å². The van der Waals surface area contributed by atoms with Gasteiger partial charge in [0.15, 0.2) is 0 Å². The third kappa shape index (κ3) is 1.71. The smallest absolute Gasteiger partial charge is 0.311 e. The molecule has 15 heavy (non-hydrogen) atoms. The van der Waals surface area contributed by atoms with Crippen molar-refractivity contribution >= 4 is 11.9 Å². The SMILES string of the molecule is COC(=O)C1CCC(C(=O)O)C2CC1O2. The first kappa shape index (κ1) is 10.4. The molecule has 1 saturated carbocycles. The molecule has 2 heterocycles. The van der Waals surface area contributed by atoms with Crippen LogP contribution in [0.15, 0.2) is 0 Å². The molecule has 0 aromatic rings. The van der Waals surface area contributed by atoms with Crippen molar-refractivity contribution in [3.63, 3.8) is 0 Å². The number of carbonyl (C=O) groups is 2. The van der Waals surface area contributed by atoms with E-state index in [-0.39, 0.29) is 24.1 Å². The summed E-state index contributed by atoms with van der Waals surface area (Å²) in [4.78, 5) is 22.3. The molecule has 4 atom stereocenters. The van der Waals surface area contributed by atoms with Gasteiger partial charge in [-0.3, -0.25) is 9.59 Å². The molecule has 3 aliphatic rings. The molecule has 1 aliphatic carbocycles. The third-order valence-electron chi connectivity index (χ3n) is 3.32. The van der Waals surface area contributed by atoms with Crippen molar-refractivity contribution < 1.29 is 24.2 Å². The molecule has 2 aliphatic heterocycles. The summed E-state index contributed by atoms with van der Waals surface area (Å²) in [5.41, 5.74) is 0.